The lowest BCUT2D eigenvalue weighted by Gasteiger charge is -2.07. The largest absolute Gasteiger partial charge is 0.478 e. The second-order valence-electron chi connectivity index (χ2n) is 4.53. The third kappa shape index (κ3) is 2.01. The van der Waals surface area contributed by atoms with Crippen LogP contribution in [0.25, 0.3) is 0 Å². The topological polar surface area (TPSA) is 63.6 Å². The minimum absolute atomic E-state index is 0.117. The molecule has 0 aliphatic carbocycles. The second kappa shape index (κ2) is 4.29. The minimum atomic E-state index is -0.989. The van der Waals surface area contributed by atoms with E-state index in [0.717, 1.165) is 11.1 Å². The van der Waals surface area contributed by atoms with Crippen LogP contribution in [-0.2, 0) is 11.2 Å². The van der Waals surface area contributed by atoms with Crippen molar-refractivity contribution in [2.24, 2.45) is 0 Å². The number of carbonyl (C=O) groups excluding carboxylic acids is 1. The number of benzene rings is 1. The lowest BCUT2D eigenvalue weighted by atomic mass is 9.96. The molecule has 2 rings (SSSR count). The summed E-state index contributed by atoms with van der Waals surface area (Å²) < 4.78 is 5.31. The van der Waals surface area contributed by atoms with Crippen LogP contribution in [-0.4, -0.2) is 23.0 Å². The first-order valence-corrected chi connectivity index (χ1v) is 5.63. The molecule has 1 aromatic rings. The van der Waals surface area contributed by atoms with Gasteiger partial charge in [0.1, 0.15) is 5.75 Å². The van der Waals surface area contributed by atoms with E-state index in [1.165, 1.54) is 0 Å². The van der Waals surface area contributed by atoms with E-state index in [-0.39, 0.29) is 5.78 Å². The molecule has 4 heteroatoms. The molecule has 1 aromatic carbocycles. The van der Waals surface area contributed by atoms with E-state index in [4.69, 9.17) is 9.84 Å². The lowest BCUT2D eigenvalue weighted by Crippen LogP contribution is -2.24. The van der Waals surface area contributed by atoms with Gasteiger partial charge in [0.05, 0.1) is 0 Å². The molecule has 0 radical (unpaired) electrons. The number of Topliss-reactive ketones (excluding diaryl/α,β-unsaturated/α-hetero) is 1. The van der Waals surface area contributed by atoms with E-state index in [2.05, 4.69) is 6.58 Å². The molecular weight excluding hydrogens is 232 g/mol. The van der Waals surface area contributed by atoms with Crippen LogP contribution in [0.2, 0.25) is 0 Å². The number of carboxylic acids is 1. The molecule has 1 aliphatic rings. The number of fused-ring (bicyclic) bond motifs is 1. The lowest BCUT2D eigenvalue weighted by molar-refractivity contribution is -0.144. The van der Waals surface area contributed by atoms with E-state index in [1.807, 2.05) is 0 Å². The van der Waals surface area contributed by atoms with Gasteiger partial charge in [0, 0.05) is 12.0 Å². The zero-order valence-electron chi connectivity index (χ0n) is 10.3. The summed E-state index contributed by atoms with van der Waals surface area (Å²) in [6, 6.07) is 3.43. The molecule has 0 saturated carbocycles. The Kier molecular flexibility index (Phi) is 2.95. The average Bonchev–Trinajstić information content (AvgIpc) is 2.69. The van der Waals surface area contributed by atoms with Gasteiger partial charge in [0.25, 0.3) is 0 Å². The molecule has 4 nitrogen and oxygen atoms in total. The number of carboxylic acid groups (broad SMARTS) is 1. The monoisotopic (exact) mass is 246 g/mol. The van der Waals surface area contributed by atoms with Crippen molar-refractivity contribution in [2.75, 3.05) is 0 Å². The minimum Gasteiger partial charge on any atom is -0.478 e. The number of rotatable bonds is 3. The van der Waals surface area contributed by atoms with Gasteiger partial charge in [0.15, 0.2) is 11.9 Å². The molecule has 0 fully saturated rings. The Bertz CT molecular complexity index is 557. The van der Waals surface area contributed by atoms with Crippen molar-refractivity contribution in [3.63, 3.8) is 0 Å². The molecule has 1 unspecified atom stereocenters. The molecular formula is C14H14O4. The van der Waals surface area contributed by atoms with Crippen molar-refractivity contribution in [3.8, 4) is 5.75 Å². The number of hydrogen-bond acceptors (Lipinski definition) is 3. The zero-order chi connectivity index (χ0) is 13.4. The van der Waals surface area contributed by atoms with Crippen molar-refractivity contribution in [2.45, 2.75) is 26.4 Å². The number of carbonyl (C=O) groups is 2. The van der Waals surface area contributed by atoms with Crippen LogP contribution in [0, 0.1) is 6.92 Å². The Morgan fingerprint density at radius 2 is 2.11 bits per heavy atom. The summed E-state index contributed by atoms with van der Waals surface area (Å²) >= 11 is 0. The fourth-order valence-electron chi connectivity index (χ4n) is 2.00. The highest BCUT2D eigenvalue weighted by Gasteiger charge is 2.30. The van der Waals surface area contributed by atoms with E-state index in [9.17, 15) is 9.59 Å². The molecule has 0 spiro atoms. The third-order valence-electron chi connectivity index (χ3n) is 2.99. The van der Waals surface area contributed by atoms with Gasteiger partial charge in [-0.25, -0.2) is 4.79 Å². The van der Waals surface area contributed by atoms with Crippen LogP contribution in [0.4, 0.5) is 0 Å². The molecule has 0 bridgehead atoms. The van der Waals surface area contributed by atoms with Gasteiger partial charge < -0.3 is 9.84 Å². The smallest absolute Gasteiger partial charge is 0.345 e. The van der Waals surface area contributed by atoms with Crippen LogP contribution >= 0.6 is 0 Å². The molecule has 0 saturated heterocycles. The summed E-state index contributed by atoms with van der Waals surface area (Å²) in [6.45, 7) is 7.09. The molecule has 94 valence electrons. The summed E-state index contributed by atoms with van der Waals surface area (Å²) in [7, 11) is 0. The van der Waals surface area contributed by atoms with Crippen LogP contribution in [0.3, 0.4) is 0 Å². The second-order valence-corrected chi connectivity index (χ2v) is 4.53. The number of aliphatic carboxylic acids is 1. The number of ether oxygens (including phenoxy) is 1. The first kappa shape index (κ1) is 12.4. The van der Waals surface area contributed by atoms with Gasteiger partial charge in [-0.3, -0.25) is 4.79 Å². The standard InChI is InChI=1S/C14H14O4/c1-7(2)13(15)10-5-9-6-12(14(16)17)18-11(9)4-8(10)3/h4-5,12H,1,6H2,2-3H3,(H,16,17). The Balaban J connectivity index is 2.40. The van der Waals surface area contributed by atoms with Crippen molar-refractivity contribution in [3.05, 3.63) is 41.0 Å². The first-order chi connectivity index (χ1) is 8.40. The van der Waals surface area contributed by atoms with E-state index < -0.39 is 12.1 Å². The Morgan fingerprint density at radius 1 is 1.44 bits per heavy atom. The molecule has 1 heterocycles. The Labute approximate surface area is 105 Å². The van der Waals surface area contributed by atoms with Crippen molar-refractivity contribution >= 4 is 11.8 Å². The highest BCUT2D eigenvalue weighted by atomic mass is 16.5. The van der Waals surface area contributed by atoms with Crippen molar-refractivity contribution < 1.29 is 19.4 Å². The average molecular weight is 246 g/mol. The number of allylic oxidation sites excluding steroid dienone is 1. The number of ketones is 1. The first-order valence-electron chi connectivity index (χ1n) is 5.63. The highest BCUT2D eigenvalue weighted by molar-refractivity contribution is 6.09. The van der Waals surface area contributed by atoms with E-state index >= 15 is 0 Å². The Morgan fingerprint density at radius 3 is 2.67 bits per heavy atom. The molecule has 0 amide bonds. The molecule has 18 heavy (non-hydrogen) atoms. The molecule has 1 atom stereocenters. The number of aryl methyl sites for hydroxylation is 1. The SMILES string of the molecule is C=C(C)C(=O)c1cc2c(cc1C)OC(C(=O)O)C2. The third-order valence-corrected chi connectivity index (χ3v) is 2.99. The number of hydrogen-bond donors (Lipinski definition) is 1. The molecule has 0 aromatic heterocycles. The van der Waals surface area contributed by atoms with Gasteiger partial charge in [0.2, 0.25) is 0 Å². The van der Waals surface area contributed by atoms with Gasteiger partial charge >= 0.3 is 5.97 Å². The Hall–Kier alpha value is -2.10. The summed E-state index contributed by atoms with van der Waals surface area (Å²) in [5, 5.41) is 8.92. The van der Waals surface area contributed by atoms with Gasteiger partial charge in [-0.15, -0.1) is 0 Å². The summed E-state index contributed by atoms with van der Waals surface area (Å²) in [6.07, 6.45) is -0.559. The van der Waals surface area contributed by atoms with Gasteiger partial charge in [-0.2, -0.15) is 0 Å². The summed E-state index contributed by atoms with van der Waals surface area (Å²) in [4.78, 5) is 22.8. The predicted molar refractivity (Wildman–Crippen MR) is 66.1 cm³/mol. The van der Waals surface area contributed by atoms with Crippen LogP contribution in [0.1, 0.15) is 28.4 Å². The summed E-state index contributed by atoms with van der Waals surface area (Å²) in [5.74, 6) is -0.552. The van der Waals surface area contributed by atoms with E-state index in [1.54, 1.807) is 26.0 Å². The van der Waals surface area contributed by atoms with E-state index in [0.29, 0.717) is 23.3 Å². The maximum absolute atomic E-state index is 11.9. The van der Waals surface area contributed by atoms with Crippen molar-refractivity contribution in [1.29, 1.82) is 0 Å². The van der Waals surface area contributed by atoms with Crippen LogP contribution in [0.5, 0.6) is 5.75 Å². The maximum atomic E-state index is 11.9. The van der Waals surface area contributed by atoms with Crippen molar-refractivity contribution in [1.82, 2.24) is 0 Å². The predicted octanol–water partition coefficient (Wildman–Crippen LogP) is 2.14. The molecule has 1 N–H and O–H groups in total. The van der Waals surface area contributed by atoms with Crippen LogP contribution in [0.15, 0.2) is 24.3 Å². The molecule has 1 aliphatic heterocycles. The quantitative estimate of drug-likeness (QED) is 0.655. The fraction of sp³-hybridized carbons (Fsp3) is 0.286. The zero-order valence-corrected chi connectivity index (χ0v) is 10.3. The fourth-order valence-corrected chi connectivity index (χ4v) is 2.00. The van der Waals surface area contributed by atoms with Crippen LogP contribution < -0.4 is 4.74 Å². The summed E-state index contributed by atoms with van der Waals surface area (Å²) in [5.41, 5.74) is 2.56. The normalized spacial score (nSPS) is 16.9. The van der Waals surface area contributed by atoms with Gasteiger partial charge in [-0.1, -0.05) is 6.58 Å². The highest BCUT2D eigenvalue weighted by Crippen LogP contribution is 2.32. The van der Waals surface area contributed by atoms with Gasteiger partial charge in [-0.05, 0) is 42.7 Å². The maximum Gasteiger partial charge on any atom is 0.345 e.